The second kappa shape index (κ2) is 11.0. The van der Waals surface area contributed by atoms with E-state index in [4.69, 9.17) is 4.74 Å². The first-order chi connectivity index (χ1) is 12.7. The number of aliphatic imine (C=N–C) groups is 1. The van der Waals surface area contributed by atoms with Gasteiger partial charge in [-0.15, -0.1) is 0 Å². The third-order valence-corrected chi connectivity index (χ3v) is 5.61. The Morgan fingerprint density at radius 3 is 2.73 bits per heavy atom. The maximum atomic E-state index is 12.2. The van der Waals surface area contributed by atoms with E-state index in [2.05, 4.69) is 34.4 Å². The Kier molecular flexibility index (Phi) is 8.61. The first kappa shape index (κ1) is 20.4. The molecule has 0 aromatic heterocycles. The van der Waals surface area contributed by atoms with Crippen LogP contribution in [0.25, 0.3) is 0 Å². The molecule has 1 aliphatic rings. The zero-order chi connectivity index (χ0) is 18.8. The molecule has 26 heavy (non-hydrogen) atoms. The molecule has 1 aliphatic heterocycles. The van der Waals surface area contributed by atoms with Gasteiger partial charge in [0.25, 0.3) is 5.91 Å². The fourth-order valence-electron chi connectivity index (χ4n) is 2.76. The smallest absolute Gasteiger partial charge is 0.251 e. The summed E-state index contributed by atoms with van der Waals surface area (Å²) in [6, 6.07) is 7.10. The van der Waals surface area contributed by atoms with Gasteiger partial charge in [0.15, 0.2) is 5.96 Å². The first-order valence-electron chi connectivity index (χ1n) is 9.25. The Morgan fingerprint density at radius 1 is 1.31 bits per heavy atom. The molecule has 2 N–H and O–H groups in total. The second-order valence-corrected chi connectivity index (χ2v) is 7.48. The van der Waals surface area contributed by atoms with Gasteiger partial charge < -0.3 is 20.3 Å². The van der Waals surface area contributed by atoms with Crippen LogP contribution in [0.5, 0.6) is 5.75 Å². The minimum Gasteiger partial charge on any atom is -0.497 e. The van der Waals surface area contributed by atoms with Crippen molar-refractivity contribution in [2.24, 2.45) is 4.99 Å². The van der Waals surface area contributed by atoms with Gasteiger partial charge in [0.05, 0.1) is 13.7 Å². The van der Waals surface area contributed by atoms with Crippen LogP contribution in [0.3, 0.4) is 0 Å². The van der Waals surface area contributed by atoms with E-state index in [-0.39, 0.29) is 5.91 Å². The maximum Gasteiger partial charge on any atom is 0.251 e. The molecule has 1 aromatic carbocycles. The molecule has 144 valence electrons. The summed E-state index contributed by atoms with van der Waals surface area (Å²) in [4.78, 5) is 19.2. The first-order valence-corrected chi connectivity index (χ1v) is 10.3. The summed E-state index contributed by atoms with van der Waals surface area (Å²) >= 11 is 2.04. The number of guanidine groups is 1. The number of carbonyl (C=O) groups excluding carboxylic acids is 1. The van der Waals surface area contributed by atoms with Crippen LogP contribution in [0.2, 0.25) is 0 Å². The van der Waals surface area contributed by atoms with E-state index in [0.717, 1.165) is 37.1 Å². The van der Waals surface area contributed by atoms with Crippen molar-refractivity contribution < 1.29 is 9.53 Å². The molecule has 6 nitrogen and oxygen atoms in total. The molecule has 1 amide bonds. The van der Waals surface area contributed by atoms with Gasteiger partial charge in [-0.2, -0.15) is 11.8 Å². The quantitative estimate of drug-likeness (QED) is 0.433. The summed E-state index contributed by atoms with van der Waals surface area (Å²) in [5.74, 6) is 2.74. The number of nitrogens with one attached hydrogen (secondary N) is 2. The molecule has 1 aromatic rings. The van der Waals surface area contributed by atoms with Crippen molar-refractivity contribution >= 4 is 23.6 Å². The van der Waals surface area contributed by atoms with Crippen LogP contribution in [0.1, 0.15) is 30.6 Å². The molecule has 0 saturated carbocycles. The molecule has 1 atom stereocenters. The number of rotatable bonds is 7. The van der Waals surface area contributed by atoms with Crippen LogP contribution >= 0.6 is 11.8 Å². The Bertz CT molecular complexity index is 592. The topological polar surface area (TPSA) is 66.0 Å². The molecule has 1 unspecified atom stereocenters. The lowest BCUT2D eigenvalue weighted by molar-refractivity contribution is 0.0954. The van der Waals surface area contributed by atoms with Crippen molar-refractivity contribution in [2.75, 3.05) is 45.6 Å². The highest BCUT2D eigenvalue weighted by Gasteiger charge is 2.21. The van der Waals surface area contributed by atoms with E-state index in [9.17, 15) is 4.79 Å². The Hall–Kier alpha value is -1.89. The lowest BCUT2D eigenvalue weighted by Gasteiger charge is -2.34. The summed E-state index contributed by atoms with van der Waals surface area (Å²) in [5, 5.41) is 6.96. The number of hydrogen-bond donors (Lipinski definition) is 2. The number of ether oxygens (including phenoxy) is 1. The highest BCUT2D eigenvalue weighted by atomic mass is 32.2. The van der Waals surface area contributed by atoms with Crippen molar-refractivity contribution in [3.8, 4) is 5.75 Å². The van der Waals surface area contributed by atoms with Gasteiger partial charge in [-0.3, -0.25) is 9.79 Å². The van der Waals surface area contributed by atoms with E-state index < -0.39 is 0 Å². The van der Waals surface area contributed by atoms with E-state index in [1.165, 1.54) is 6.42 Å². The normalized spacial score (nSPS) is 17.7. The third kappa shape index (κ3) is 6.12. The summed E-state index contributed by atoms with van der Waals surface area (Å²) in [7, 11) is 1.61. The molecule has 0 spiro atoms. The fourth-order valence-corrected chi connectivity index (χ4v) is 3.94. The van der Waals surface area contributed by atoms with E-state index in [1.807, 2.05) is 11.8 Å². The summed E-state index contributed by atoms with van der Waals surface area (Å²) in [6.07, 6.45) is 1.18. The maximum absolute atomic E-state index is 12.2. The van der Waals surface area contributed by atoms with E-state index >= 15 is 0 Å². The lowest BCUT2D eigenvalue weighted by Crippen LogP contribution is -2.48. The monoisotopic (exact) mass is 378 g/mol. The van der Waals surface area contributed by atoms with E-state index in [0.29, 0.717) is 23.9 Å². The van der Waals surface area contributed by atoms with Crippen LogP contribution in [-0.4, -0.2) is 67.6 Å². The molecular formula is C19H30N4O2S. The minimum atomic E-state index is -0.0896. The van der Waals surface area contributed by atoms with Crippen LogP contribution in [0.15, 0.2) is 29.3 Å². The fraction of sp³-hybridized carbons (Fsp3) is 0.579. The van der Waals surface area contributed by atoms with Gasteiger partial charge in [-0.25, -0.2) is 0 Å². The standard InChI is InChI=1S/C19H30N4O2S/c1-4-17-14-23(12-13-26-17)19(20-5-2)22-11-10-21-18(24)15-6-8-16(25-3)9-7-15/h6-9,17H,4-5,10-14H2,1-3H3,(H,20,22)(H,21,24). The average molecular weight is 379 g/mol. The molecular weight excluding hydrogens is 348 g/mol. The predicted octanol–water partition coefficient (Wildman–Crippen LogP) is 2.22. The van der Waals surface area contributed by atoms with Crippen molar-refractivity contribution in [2.45, 2.75) is 25.5 Å². The lowest BCUT2D eigenvalue weighted by atomic mass is 10.2. The Labute approximate surface area is 160 Å². The van der Waals surface area contributed by atoms with Crippen LogP contribution in [-0.2, 0) is 0 Å². The van der Waals surface area contributed by atoms with Crippen LogP contribution in [0.4, 0.5) is 0 Å². The van der Waals surface area contributed by atoms with Gasteiger partial charge in [-0.1, -0.05) is 6.92 Å². The number of nitrogens with zero attached hydrogens (tertiary/aromatic N) is 2. The Morgan fingerprint density at radius 2 is 2.08 bits per heavy atom. The van der Waals surface area contributed by atoms with Crippen LogP contribution in [0, 0.1) is 0 Å². The summed E-state index contributed by atoms with van der Waals surface area (Å²) in [5.41, 5.74) is 0.625. The van der Waals surface area contributed by atoms with Gasteiger partial charge in [0, 0.05) is 42.7 Å². The SMILES string of the molecule is CCNC(=NCCNC(=O)c1ccc(OC)cc1)N1CCSC(CC)C1. The molecule has 2 rings (SSSR count). The van der Waals surface area contributed by atoms with Crippen molar-refractivity contribution in [3.05, 3.63) is 29.8 Å². The summed E-state index contributed by atoms with van der Waals surface area (Å²) in [6.45, 7) is 8.29. The molecule has 1 saturated heterocycles. The van der Waals surface area contributed by atoms with Crippen LogP contribution < -0.4 is 15.4 Å². The molecule has 0 radical (unpaired) electrons. The predicted molar refractivity (Wildman–Crippen MR) is 109 cm³/mol. The number of amides is 1. The number of thioether (sulfide) groups is 1. The zero-order valence-electron chi connectivity index (χ0n) is 16.0. The highest BCUT2D eigenvalue weighted by Crippen LogP contribution is 2.21. The largest absolute Gasteiger partial charge is 0.497 e. The molecule has 0 aliphatic carbocycles. The zero-order valence-corrected chi connectivity index (χ0v) is 16.8. The number of methoxy groups -OCH3 is 1. The number of hydrogen-bond acceptors (Lipinski definition) is 4. The summed E-state index contributed by atoms with van der Waals surface area (Å²) < 4.78 is 5.11. The average Bonchev–Trinajstić information content (AvgIpc) is 2.70. The van der Waals surface area contributed by atoms with Crippen molar-refractivity contribution in [1.29, 1.82) is 0 Å². The number of carbonyl (C=O) groups is 1. The minimum absolute atomic E-state index is 0.0896. The van der Waals surface area contributed by atoms with Gasteiger partial charge in [-0.05, 0) is 37.6 Å². The van der Waals surface area contributed by atoms with Gasteiger partial charge >= 0.3 is 0 Å². The second-order valence-electron chi connectivity index (χ2n) is 6.07. The van der Waals surface area contributed by atoms with Gasteiger partial charge in [0.2, 0.25) is 0 Å². The Balaban J connectivity index is 1.84. The van der Waals surface area contributed by atoms with Crippen molar-refractivity contribution in [3.63, 3.8) is 0 Å². The van der Waals surface area contributed by atoms with Crippen molar-refractivity contribution in [1.82, 2.24) is 15.5 Å². The molecule has 1 heterocycles. The third-order valence-electron chi connectivity index (χ3n) is 4.24. The molecule has 1 fully saturated rings. The molecule has 7 heteroatoms. The van der Waals surface area contributed by atoms with Gasteiger partial charge in [0.1, 0.15) is 5.75 Å². The van der Waals surface area contributed by atoms with E-state index in [1.54, 1.807) is 31.4 Å². The number of benzene rings is 1. The highest BCUT2D eigenvalue weighted by molar-refractivity contribution is 8.00. The molecule has 0 bridgehead atoms.